The van der Waals surface area contributed by atoms with E-state index in [1.54, 1.807) is 6.92 Å². The molecule has 7 heteroatoms. The molecular formula is C21H20F3NO3. The number of ether oxygens (including phenoxy) is 1. The molecule has 148 valence electrons. The summed E-state index contributed by atoms with van der Waals surface area (Å²) in [6, 6.07) is 5.05. The Morgan fingerprint density at radius 3 is 2.71 bits per heavy atom. The number of alkyl halides is 3. The smallest absolute Gasteiger partial charge is 0.416 e. The Bertz CT molecular complexity index is 896. The molecule has 4 nitrogen and oxygen atoms in total. The number of benzene rings is 1. The van der Waals surface area contributed by atoms with E-state index < -0.39 is 23.6 Å². The summed E-state index contributed by atoms with van der Waals surface area (Å²) < 4.78 is 46.2. The van der Waals surface area contributed by atoms with Crippen LogP contribution < -0.4 is 5.32 Å². The first-order chi connectivity index (χ1) is 13.3. The number of hydrogen-bond acceptors (Lipinski definition) is 4. The molecule has 0 aromatic heterocycles. The minimum absolute atomic E-state index is 0.0209. The van der Waals surface area contributed by atoms with Crippen molar-refractivity contribution in [2.75, 3.05) is 6.61 Å². The number of rotatable bonds is 4. The first kappa shape index (κ1) is 19.9. The molecule has 1 N–H and O–H groups in total. The number of Topliss-reactive ketones (excluding diaryl/α,β-unsaturated/α-hetero) is 1. The van der Waals surface area contributed by atoms with Gasteiger partial charge in [-0.25, -0.2) is 4.79 Å². The molecule has 0 bridgehead atoms. The van der Waals surface area contributed by atoms with Crippen LogP contribution in [0.3, 0.4) is 0 Å². The van der Waals surface area contributed by atoms with Crippen molar-refractivity contribution in [1.82, 2.24) is 5.32 Å². The van der Waals surface area contributed by atoms with Gasteiger partial charge in [0.15, 0.2) is 5.78 Å². The van der Waals surface area contributed by atoms with Crippen LogP contribution in [0, 0.1) is 0 Å². The highest BCUT2D eigenvalue weighted by atomic mass is 19.4. The Kier molecular flexibility index (Phi) is 5.45. The Balaban J connectivity index is 2.23. The molecule has 1 heterocycles. The van der Waals surface area contributed by atoms with Gasteiger partial charge in [0.05, 0.1) is 11.1 Å². The van der Waals surface area contributed by atoms with Crippen LogP contribution in [0.15, 0.2) is 59.5 Å². The van der Waals surface area contributed by atoms with Crippen molar-refractivity contribution in [3.05, 3.63) is 70.6 Å². The van der Waals surface area contributed by atoms with Gasteiger partial charge in [-0.2, -0.15) is 13.2 Å². The predicted molar refractivity (Wildman–Crippen MR) is 97.1 cm³/mol. The van der Waals surface area contributed by atoms with Crippen molar-refractivity contribution in [2.45, 2.75) is 38.3 Å². The molecule has 2 aliphatic rings. The van der Waals surface area contributed by atoms with Gasteiger partial charge < -0.3 is 10.1 Å². The molecule has 1 aliphatic carbocycles. The molecule has 0 fully saturated rings. The van der Waals surface area contributed by atoms with Crippen molar-refractivity contribution < 1.29 is 27.5 Å². The standard InChI is InChI=1S/C21H20F3NO3/c1-3-11-28-20(27)17-12(2)25-15-9-6-10-16(26)19(15)18(17)13-7-4-5-8-14(13)21(22,23)24/h3-5,7-8,18,25H,1,6,9-11H2,2H3/t18-/m0/s1. The van der Waals surface area contributed by atoms with Crippen molar-refractivity contribution in [3.8, 4) is 0 Å². The van der Waals surface area contributed by atoms with E-state index in [1.807, 2.05) is 0 Å². The lowest BCUT2D eigenvalue weighted by Crippen LogP contribution is -2.35. The first-order valence-electron chi connectivity index (χ1n) is 8.93. The van der Waals surface area contributed by atoms with Gasteiger partial charge in [-0.15, -0.1) is 0 Å². The van der Waals surface area contributed by atoms with Gasteiger partial charge in [-0.1, -0.05) is 30.9 Å². The summed E-state index contributed by atoms with van der Waals surface area (Å²) >= 11 is 0. The SMILES string of the molecule is C=CCOC(=O)C1=C(C)NC2=C(C(=O)CCC2)[C@H]1c1ccccc1C(F)(F)F. The molecule has 0 saturated carbocycles. The predicted octanol–water partition coefficient (Wildman–Crippen LogP) is 4.40. The van der Waals surface area contributed by atoms with E-state index in [4.69, 9.17) is 4.74 Å². The molecule has 1 aromatic rings. The Hall–Kier alpha value is -2.83. The lowest BCUT2D eigenvalue weighted by Gasteiger charge is -2.35. The van der Waals surface area contributed by atoms with Gasteiger partial charge in [-0.3, -0.25) is 4.79 Å². The highest BCUT2D eigenvalue weighted by molar-refractivity contribution is 6.03. The number of carbonyl (C=O) groups is 2. The van der Waals surface area contributed by atoms with Crippen LogP contribution >= 0.6 is 0 Å². The number of ketones is 1. The molecule has 0 spiro atoms. The topological polar surface area (TPSA) is 55.4 Å². The maximum atomic E-state index is 13.7. The highest BCUT2D eigenvalue weighted by Gasteiger charge is 2.43. The highest BCUT2D eigenvalue weighted by Crippen LogP contribution is 2.46. The summed E-state index contributed by atoms with van der Waals surface area (Å²) in [6.45, 7) is 5.00. The fraction of sp³-hybridized carbons (Fsp3) is 0.333. The number of allylic oxidation sites excluding steroid dienone is 3. The van der Waals surface area contributed by atoms with Crippen molar-refractivity contribution in [2.24, 2.45) is 0 Å². The van der Waals surface area contributed by atoms with E-state index in [0.717, 1.165) is 6.07 Å². The van der Waals surface area contributed by atoms with Gasteiger partial charge in [0, 0.05) is 29.3 Å². The third-order valence-corrected chi connectivity index (χ3v) is 4.91. The zero-order chi connectivity index (χ0) is 20.5. The monoisotopic (exact) mass is 391 g/mol. The molecule has 28 heavy (non-hydrogen) atoms. The summed E-state index contributed by atoms with van der Waals surface area (Å²) in [5.74, 6) is -2.15. The third-order valence-electron chi connectivity index (χ3n) is 4.91. The first-order valence-corrected chi connectivity index (χ1v) is 8.93. The molecule has 1 aromatic carbocycles. The Morgan fingerprint density at radius 1 is 1.32 bits per heavy atom. The van der Waals surface area contributed by atoms with Crippen LogP contribution in [-0.4, -0.2) is 18.4 Å². The van der Waals surface area contributed by atoms with Gasteiger partial charge in [0.2, 0.25) is 0 Å². The van der Waals surface area contributed by atoms with Gasteiger partial charge >= 0.3 is 12.1 Å². The average Bonchev–Trinajstić information content (AvgIpc) is 2.64. The second kappa shape index (κ2) is 7.66. The molecule has 0 saturated heterocycles. The number of esters is 1. The fourth-order valence-corrected chi connectivity index (χ4v) is 3.78. The summed E-state index contributed by atoms with van der Waals surface area (Å²) in [5, 5.41) is 3.04. The van der Waals surface area contributed by atoms with E-state index in [0.29, 0.717) is 24.2 Å². The maximum Gasteiger partial charge on any atom is 0.416 e. The summed E-state index contributed by atoms with van der Waals surface area (Å²) in [5.41, 5.74) is 0.227. The molecular weight excluding hydrogens is 371 g/mol. The Morgan fingerprint density at radius 2 is 2.04 bits per heavy atom. The van der Waals surface area contributed by atoms with Gasteiger partial charge in [0.25, 0.3) is 0 Å². The van der Waals surface area contributed by atoms with Gasteiger partial charge in [-0.05, 0) is 31.4 Å². The summed E-state index contributed by atoms with van der Waals surface area (Å²) in [6.07, 6.45) is -1.86. The average molecular weight is 391 g/mol. The third kappa shape index (κ3) is 3.61. The quantitative estimate of drug-likeness (QED) is 0.611. The van der Waals surface area contributed by atoms with Crippen molar-refractivity contribution >= 4 is 11.8 Å². The van der Waals surface area contributed by atoms with Crippen molar-refractivity contribution in [3.63, 3.8) is 0 Å². The zero-order valence-corrected chi connectivity index (χ0v) is 15.4. The van der Waals surface area contributed by atoms with E-state index in [-0.39, 0.29) is 35.5 Å². The molecule has 1 aliphatic heterocycles. The van der Waals surface area contributed by atoms with E-state index in [2.05, 4.69) is 11.9 Å². The normalized spacial score (nSPS) is 19.9. The van der Waals surface area contributed by atoms with Crippen LogP contribution in [-0.2, 0) is 20.5 Å². The molecule has 1 atom stereocenters. The van der Waals surface area contributed by atoms with Crippen LogP contribution in [0.5, 0.6) is 0 Å². The van der Waals surface area contributed by atoms with Crippen LogP contribution in [0.2, 0.25) is 0 Å². The summed E-state index contributed by atoms with van der Waals surface area (Å²) in [4.78, 5) is 25.4. The fourth-order valence-electron chi connectivity index (χ4n) is 3.78. The second-order valence-corrected chi connectivity index (χ2v) is 6.74. The van der Waals surface area contributed by atoms with E-state index in [9.17, 15) is 22.8 Å². The molecule has 0 radical (unpaired) electrons. The largest absolute Gasteiger partial charge is 0.458 e. The van der Waals surface area contributed by atoms with E-state index >= 15 is 0 Å². The molecule has 0 amide bonds. The zero-order valence-electron chi connectivity index (χ0n) is 15.4. The minimum Gasteiger partial charge on any atom is -0.458 e. The van der Waals surface area contributed by atoms with E-state index in [1.165, 1.54) is 24.3 Å². The summed E-state index contributed by atoms with van der Waals surface area (Å²) in [7, 11) is 0. The lowest BCUT2D eigenvalue weighted by atomic mass is 9.74. The lowest BCUT2D eigenvalue weighted by molar-refractivity contribution is -0.140. The second-order valence-electron chi connectivity index (χ2n) is 6.74. The number of carbonyl (C=O) groups excluding carboxylic acids is 2. The van der Waals surface area contributed by atoms with Crippen LogP contribution in [0.1, 0.15) is 43.2 Å². The number of hydrogen-bond donors (Lipinski definition) is 1. The molecule has 3 rings (SSSR count). The van der Waals surface area contributed by atoms with Crippen LogP contribution in [0.25, 0.3) is 0 Å². The molecule has 0 unspecified atom stereocenters. The number of dihydropyridines is 1. The maximum absolute atomic E-state index is 13.7. The number of halogens is 3. The number of nitrogens with one attached hydrogen (secondary N) is 1. The Labute approximate surface area is 160 Å². The van der Waals surface area contributed by atoms with Crippen LogP contribution in [0.4, 0.5) is 13.2 Å². The van der Waals surface area contributed by atoms with Crippen molar-refractivity contribution in [1.29, 1.82) is 0 Å². The minimum atomic E-state index is -4.62. The van der Waals surface area contributed by atoms with Gasteiger partial charge in [0.1, 0.15) is 6.61 Å².